The number of hydrogen-bond donors (Lipinski definition) is 2. The van der Waals surface area contributed by atoms with Gasteiger partial charge >= 0.3 is 5.97 Å². The van der Waals surface area contributed by atoms with E-state index in [1.807, 2.05) is 38.2 Å². The standard InChI is InChI=1S/C18H28N2O3/c1-4-11-20(14(2)21)17-9-5-7-15(13-17)12-16(18(22)23)8-6-10-19-3/h5,7,9,13,16,19H,4,6,8,10-12H2,1-3H3,(H,22,23). The van der Waals surface area contributed by atoms with Gasteiger partial charge in [0.05, 0.1) is 5.92 Å². The summed E-state index contributed by atoms with van der Waals surface area (Å²) in [7, 11) is 1.86. The molecule has 1 aromatic carbocycles. The van der Waals surface area contributed by atoms with Crippen molar-refractivity contribution in [3.05, 3.63) is 29.8 Å². The summed E-state index contributed by atoms with van der Waals surface area (Å²) in [6.07, 6.45) is 2.85. The number of nitrogens with one attached hydrogen (secondary N) is 1. The molecule has 5 heteroatoms. The van der Waals surface area contributed by atoms with Gasteiger partial charge in [-0.1, -0.05) is 19.1 Å². The molecule has 1 unspecified atom stereocenters. The monoisotopic (exact) mass is 320 g/mol. The zero-order valence-corrected chi connectivity index (χ0v) is 14.3. The molecule has 0 spiro atoms. The number of carboxylic acids is 1. The molecule has 0 radical (unpaired) electrons. The van der Waals surface area contributed by atoms with Crippen molar-refractivity contribution in [1.82, 2.24) is 5.32 Å². The molecule has 0 bridgehead atoms. The lowest BCUT2D eigenvalue weighted by Crippen LogP contribution is -2.29. The summed E-state index contributed by atoms with van der Waals surface area (Å²) in [5.41, 5.74) is 1.80. The van der Waals surface area contributed by atoms with E-state index in [1.165, 1.54) is 0 Å². The highest BCUT2D eigenvalue weighted by Crippen LogP contribution is 2.21. The Hall–Kier alpha value is -1.88. The summed E-state index contributed by atoms with van der Waals surface area (Å²) >= 11 is 0. The minimum atomic E-state index is -0.761. The lowest BCUT2D eigenvalue weighted by atomic mass is 9.94. The lowest BCUT2D eigenvalue weighted by Gasteiger charge is -2.21. The first-order valence-electron chi connectivity index (χ1n) is 8.24. The Morgan fingerprint density at radius 1 is 1.35 bits per heavy atom. The van der Waals surface area contributed by atoms with Crippen molar-refractivity contribution in [2.45, 2.75) is 39.5 Å². The Kier molecular flexibility index (Phi) is 8.33. The summed E-state index contributed by atoms with van der Waals surface area (Å²) in [6.45, 7) is 5.07. The van der Waals surface area contributed by atoms with Crippen molar-refractivity contribution in [1.29, 1.82) is 0 Å². The highest BCUT2D eigenvalue weighted by Gasteiger charge is 2.18. The van der Waals surface area contributed by atoms with Crippen LogP contribution in [0.3, 0.4) is 0 Å². The first kappa shape index (κ1) is 19.2. The van der Waals surface area contributed by atoms with Crippen LogP contribution in [0.5, 0.6) is 0 Å². The van der Waals surface area contributed by atoms with Crippen LogP contribution in [-0.2, 0) is 16.0 Å². The summed E-state index contributed by atoms with van der Waals surface area (Å²) in [5, 5.41) is 12.4. The van der Waals surface area contributed by atoms with Gasteiger partial charge in [-0.25, -0.2) is 0 Å². The molecule has 1 rings (SSSR count). The largest absolute Gasteiger partial charge is 0.481 e. The van der Waals surface area contributed by atoms with Crippen LogP contribution in [0.15, 0.2) is 24.3 Å². The topological polar surface area (TPSA) is 69.6 Å². The highest BCUT2D eigenvalue weighted by molar-refractivity contribution is 5.91. The number of benzene rings is 1. The minimum Gasteiger partial charge on any atom is -0.481 e. The number of aliphatic carboxylic acids is 1. The van der Waals surface area contributed by atoms with E-state index in [9.17, 15) is 14.7 Å². The second-order valence-corrected chi connectivity index (χ2v) is 5.83. The fourth-order valence-electron chi connectivity index (χ4n) is 2.67. The average molecular weight is 320 g/mol. The van der Waals surface area contributed by atoms with E-state index in [4.69, 9.17) is 0 Å². The van der Waals surface area contributed by atoms with Crippen LogP contribution in [0.1, 0.15) is 38.7 Å². The molecular formula is C18H28N2O3. The van der Waals surface area contributed by atoms with E-state index in [2.05, 4.69) is 5.32 Å². The first-order valence-corrected chi connectivity index (χ1v) is 8.24. The summed E-state index contributed by atoms with van der Waals surface area (Å²) in [5.74, 6) is -1.15. The van der Waals surface area contributed by atoms with Crippen molar-refractivity contribution < 1.29 is 14.7 Å². The van der Waals surface area contributed by atoms with E-state index < -0.39 is 11.9 Å². The fourth-order valence-corrected chi connectivity index (χ4v) is 2.67. The lowest BCUT2D eigenvalue weighted by molar-refractivity contribution is -0.142. The maximum Gasteiger partial charge on any atom is 0.306 e. The number of amides is 1. The van der Waals surface area contributed by atoms with Gasteiger partial charge in [-0.2, -0.15) is 0 Å². The predicted octanol–water partition coefficient (Wildman–Crippen LogP) is 2.69. The first-order chi connectivity index (χ1) is 11.0. The molecule has 5 nitrogen and oxygen atoms in total. The third-order valence-electron chi connectivity index (χ3n) is 3.86. The van der Waals surface area contributed by atoms with Crippen LogP contribution in [0.2, 0.25) is 0 Å². The highest BCUT2D eigenvalue weighted by atomic mass is 16.4. The molecule has 1 aromatic rings. The van der Waals surface area contributed by atoms with Gasteiger partial charge in [0.25, 0.3) is 0 Å². The second kappa shape index (κ2) is 10.0. The van der Waals surface area contributed by atoms with Crippen LogP contribution in [0, 0.1) is 5.92 Å². The van der Waals surface area contributed by atoms with Crippen molar-refractivity contribution in [2.24, 2.45) is 5.92 Å². The summed E-state index contributed by atoms with van der Waals surface area (Å²) in [4.78, 5) is 25.0. The second-order valence-electron chi connectivity index (χ2n) is 5.83. The molecule has 23 heavy (non-hydrogen) atoms. The Balaban J connectivity index is 2.85. The molecule has 0 fully saturated rings. The van der Waals surface area contributed by atoms with Crippen molar-refractivity contribution in [2.75, 3.05) is 25.0 Å². The van der Waals surface area contributed by atoms with Gasteiger partial charge in [0, 0.05) is 19.2 Å². The smallest absolute Gasteiger partial charge is 0.306 e. The van der Waals surface area contributed by atoms with Crippen LogP contribution in [-0.4, -0.2) is 37.1 Å². The maximum atomic E-state index is 11.8. The molecule has 2 N–H and O–H groups in total. The fraction of sp³-hybridized carbons (Fsp3) is 0.556. The summed E-state index contributed by atoms with van der Waals surface area (Å²) < 4.78 is 0. The average Bonchev–Trinajstić information content (AvgIpc) is 2.51. The summed E-state index contributed by atoms with van der Waals surface area (Å²) in [6, 6.07) is 7.66. The third-order valence-corrected chi connectivity index (χ3v) is 3.86. The van der Waals surface area contributed by atoms with Gasteiger partial charge in [0.2, 0.25) is 5.91 Å². The molecule has 0 heterocycles. The van der Waals surface area contributed by atoms with Crippen LogP contribution < -0.4 is 10.2 Å². The molecule has 0 aliphatic heterocycles. The Morgan fingerprint density at radius 2 is 2.09 bits per heavy atom. The van der Waals surface area contributed by atoms with Gasteiger partial charge in [-0.15, -0.1) is 0 Å². The van der Waals surface area contributed by atoms with Gasteiger partial charge in [-0.3, -0.25) is 9.59 Å². The van der Waals surface area contributed by atoms with Crippen LogP contribution in [0.25, 0.3) is 0 Å². The molecular weight excluding hydrogens is 292 g/mol. The van der Waals surface area contributed by atoms with E-state index in [0.29, 0.717) is 19.4 Å². The molecule has 1 atom stereocenters. The number of carbonyl (C=O) groups excluding carboxylic acids is 1. The molecule has 1 amide bonds. The van der Waals surface area contributed by atoms with E-state index in [1.54, 1.807) is 11.8 Å². The zero-order valence-electron chi connectivity index (χ0n) is 14.3. The van der Waals surface area contributed by atoms with Gasteiger partial charge < -0.3 is 15.3 Å². The number of carboxylic acid groups (broad SMARTS) is 1. The molecule has 128 valence electrons. The van der Waals surface area contributed by atoms with Crippen LogP contribution >= 0.6 is 0 Å². The molecule has 0 aliphatic carbocycles. The number of anilines is 1. The number of hydrogen-bond acceptors (Lipinski definition) is 3. The SMILES string of the molecule is CCCN(C(C)=O)c1cccc(CC(CCCNC)C(=O)O)c1. The maximum absolute atomic E-state index is 11.8. The molecule has 0 saturated carbocycles. The van der Waals surface area contributed by atoms with E-state index in [-0.39, 0.29) is 5.91 Å². The number of carbonyl (C=O) groups is 2. The van der Waals surface area contributed by atoms with Gasteiger partial charge in [0.1, 0.15) is 0 Å². The number of rotatable bonds is 10. The predicted molar refractivity (Wildman–Crippen MR) is 92.8 cm³/mol. The quantitative estimate of drug-likeness (QED) is 0.650. The van der Waals surface area contributed by atoms with E-state index >= 15 is 0 Å². The van der Waals surface area contributed by atoms with Crippen molar-refractivity contribution in [3.8, 4) is 0 Å². The van der Waals surface area contributed by atoms with Crippen molar-refractivity contribution in [3.63, 3.8) is 0 Å². The minimum absolute atomic E-state index is 0.00723. The van der Waals surface area contributed by atoms with Crippen molar-refractivity contribution >= 4 is 17.6 Å². The molecule has 0 aliphatic rings. The van der Waals surface area contributed by atoms with Gasteiger partial charge in [-0.05, 0) is 57.0 Å². The van der Waals surface area contributed by atoms with E-state index in [0.717, 1.165) is 30.6 Å². The third kappa shape index (κ3) is 6.40. The normalized spacial score (nSPS) is 12.0. The Labute approximate surface area is 138 Å². The zero-order chi connectivity index (χ0) is 17.2. The van der Waals surface area contributed by atoms with Gasteiger partial charge in [0.15, 0.2) is 0 Å². The Morgan fingerprint density at radius 3 is 2.65 bits per heavy atom. The molecule has 0 aromatic heterocycles. The number of nitrogens with zero attached hydrogens (tertiary/aromatic N) is 1. The Bertz CT molecular complexity index is 517. The van der Waals surface area contributed by atoms with Crippen LogP contribution in [0.4, 0.5) is 5.69 Å². The molecule has 0 saturated heterocycles.